The van der Waals surface area contributed by atoms with Crippen molar-refractivity contribution in [3.63, 3.8) is 0 Å². The van der Waals surface area contributed by atoms with Crippen LogP contribution in [0.4, 0.5) is 0 Å². The van der Waals surface area contributed by atoms with Crippen molar-refractivity contribution in [3.05, 3.63) is 51.9 Å². The Balaban J connectivity index is 2.04. The maximum absolute atomic E-state index is 12.9. The summed E-state index contributed by atoms with van der Waals surface area (Å²) in [5.41, 5.74) is 5.45. The van der Waals surface area contributed by atoms with Crippen LogP contribution in [0.15, 0.2) is 35.1 Å². The largest absolute Gasteiger partial charge is 0.330 e. The third-order valence-electron chi connectivity index (χ3n) is 5.49. The molecule has 1 N–H and O–H groups in total. The van der Waals surface area contributed by atoms with Gasteiger partial charge < -0.3 is 0 Å². The third-order valence-corrected chi connectivity index (χ3v) is 7.17. The molecule has 32 heavy (non-hydrogen) atoms. The number of hydrogen-bond acceptors (Lipinski definition) is 3. The molecule has 2 atom stereocenters. The Morgan fingerprint density at radius 3 is 2.34 bits per heavy atom. The van der Waals surface area contributed by atoms with Crippen LogP contribution in [0.1, 0.15) is 65.6 Å². The predicted octanol–water partition coefficient (Wildman–Crippen LogP) is 4.87. The van der Waals surface area contributed by atoms with E-state index in [0.717, 1.165) is 27.9 Å². The summed E-state index contributed by atoms with van der Waals surface area (Å²) in [6.45, 7) is 16.9. The van der Waals surface area contributed by atoms with E-state index in [2.05, 4.69) is 50.6 Å². The summed E-state index contributed by atoms with van der Waals surface area (Å²) in [6, 6.07) is 10.1. The first kappa shape index (κ1) is 24.4. The zero-order valence-corrected chi connectivity index (χ0v) is 21.6. The van der Waals surface area contributed by atoms with E-state index in [1.165, 1.54) is 0 Å². The van der Waals surface area contributed by atoms with Crippen molar-refractivity contribution in [2.45, 2.75) is 72.7 Å². The molecule has 3 rings (SSSR count). The normalized spacial score (nSPS) is 14.7. The molecular formula is C25H36N4O2S. The first-order valence-corrected chi connectivity index (χ1v) is 12.2. The fourth-order valence-corrected chi connectivity index (χ4v) is 4.45. The molecule has 2 aromatic heterocycles. The van der Waals surface area contributed by atoms with Gasteiger partial charge in [-0.25, -0.2) is 18.7 Å². The third kappa shape index (κ3) is 5.04. The molecule has 7 heteroatoms. The summed E-state index contributed by atoms with van der Waals surface area (Å²) in [5, 5.41) is 0. The number of benzene rings is 1. The molecule has 0 aliphatic rings. The number of pyridine rings is 1. The van der Waals surface area contributed by atoms with Gasteiger partial charge in [0.15, 0.2) is 5.65 Å². The SMILES string of the molecule is Cc1ccc(C(C)NS(=O)C(C)(C)C)cc1-c1ccc2c(n1)n(C)c(=O)n2CC(C)(C)C. The minimum Gasteiger partial charge on any atom is -0.290 e. The summed E-state index contributed by atoms with van der Waals surface area (Å²) in [4.78, 5) is 17.7. The van der Waals surface area contributed by atoms with Gasteiger partial charge in [0.1, 0.15) is 0 Å². The lowest BCUT2D eigenvalue weighted by Crippen LogP contribution is -2.34. The summed E-state index contributed by atoms with van der Waals surface area (Å²) < 4.78 is 18.8. The van der Waals surface area contributed by atoms with Crippen molar-refractivity contribution in [1.29, 1.82) is 0 Å². The van der Waals surface area contributed by atoms with Crippen LogP contribution in [0, 0.1) is 12.3 Å². The van der Waals surface area contributed by atoms with Gasteiger partial charge in [0, 0.05) is 25.2 Å². The van der Waals surface area contributed by atoms with Gasteiger partial charge in [-0.05, 0) is 69.4 Å². The van der Waals surface area contributed by atoms with Gasteiger partial charge in [-0.2, -0.15) is 0 Å². The van der Waals surface area contributed by atoms with E-state index in [9.17, 15) is 9.00 Å². The molecule has 0 spiro atoms. The summed E-state index contributed by atoms with van der Waals surface area (Å²) in [6.07, 6.45) is 0. The number of aromatic nitrogens is 3. The highest BCUT2D eigenvalue weighted by Gasteiger charge is 2.23. The number of rotatable bonds is 5. The van der Waals surface area contributed by atoms with Gasteiger partial charge in [-0.3, -0.25) is 9.13 Å². The van der Waals surface area contributed by atoms with Crippen molar-refractivity contribution in [3.8, 4) is 11.3 Å². The average Bonchev–Trinajstić information content (AvgIpc) is 2.90. The number of nitrogens with one attached hydrogen (secondary N) is 1. The molecule has 0 aliphatic carbocycles. The Bertz CT molecular complexity index is 1230. The van der Waals surface area contributed by atoms with Crippen molar-refractivity contribution >= 4 is 22.1 Å². The first-order valence-electron chi connectivity index (χ1n) is 11.0. The molecule has 174 valence electrons. The molecule has 6 nitrogen and oxygen atoms in total. The Labute approximate surface area is 193 Å². The number of aryl methyl sites for hydroxylation is 2. The van der Waals surface area contributed by atoms with Crippen LogP contribution in [0.2, 0.25) is 0 Å². The lowest BCUT2D eigenvalue weighted by atomic mass is 9.97. The van der Waals surface area contributed by atoms with Gasteiger partial charge >= 0.3 is 5.69 Å². The van der Waals surface area contributed by atoms with E-state index < -0.39 is 11.0 Å². The van der Waals surface area contributed by atoms with Crippen molar-refractivity contribution < 1.29 is 4.21 Å². The van der Waals surface area contributed by atoms with Crippen molar-refractivity contribution in [2.24, 2.45) is 12.5 Å². The second-order valence-electron chi connectivity index (χ2n) is 10.8. The molecule has 2 heterocycles. The number of nitrogens with zero attached hydrogens (tertiary/aromatic N) is 3. The van der Waals surface area contributed by atoms with Crippen molar-refractivity contribution in [2.75, 3.05) is 0 Å². The zero-order valence-electron chi connectivity index (χ0n) is 20.7. The van der Waals surface area contributed by atoms with Gasteiger partial charge in [-0.15, -0.1) is 0 Å². The van der Waals surface area contributed by atoms with E-state index in [0.29, 0.717) is 12.2 Å². The van der Waals surface area contributed by atoms with E-state index in [1.54, 1.807) is 11.6 Å². The maximum Gasteiger partial charge on any atom is 0.330 e. The Morgan fingerprint density at radius 2 is 1.75 bits per heavy atom. The topological polar surface area (TPSA) is 68.9 Å². The first-order chi connectivity index (χ1) is 14.7. The molecule has 0 aliphatic heterocycles. The van der Waals surface area contributed by atoms with Crippen LogP contribution in [-0.4, -0.2) is 23.1 Å². The minimum absolute atomic E-state index is 0.0159. The van der Waals surface area contributed by atoms with Gasteiger partial charge in [0.25, 0.3) is 0 Å². The second kappa shape index (κ2) is 8.60. The highest BCUT2D eigenvalue weighted by molar-refractivity contribution is 7.84. The Kier molecular flexibility index (Phi) is 6.55. The number of imidazole rings is 1. The molecule has 0 radical (unpaired) electrons. The lowest BCUT2D eigenvalue weighted by molar-refractivity contribution is 0.342. The molecule has 0 saturated heterocycles. The standard InChI is InChI=1S/C25H36N4O2S/c1-16-10-11-18(17(2)27-32(31)25(6,7)8)14-19(16)20-12-13-21-22(26-20)28(9)23(30)29(21)15-24(3,4)5/h10-14,17,27H,15H2,1-9H3. The fourth-order valence-electron chi connectivity index (χ4n) is 3.64. The molecule has 2 unspecified atom stereocenters. The highest BCUT2D eigenvalue weighted by atomic mass is 32.2. The summed E-state index contributed by atoms with van der Waals surface area (Å²) in [7, 11) is 0.615. The van der Waals surface area contributed by atoms with Crippen LogP contribution in [0.3, 0.4) is 0 Å². The number of fused-ring (bicyclic) bond motifs is 1. The van der Waals surface area contributed by atoms with E-state index in [1.807, 2.05) is 44.4 Å². The molecule has 0 bridgehead atoms. The molecule has 0 fully saturated rings. The maximum atomic E-state index is 12.9. The Hall–Kier alpha value is -2.25. The summed E-state index contributed by atoms with van der Waals surface area (Å²) in [5.74, 6) is 0. The van der Waals surface area contributed by atoms with Gasteiger partial charge in [0.05, 0.1) is 26.9 Å². The molecule has 0 saturated carbocycles. The summed E-state index contributed by atoms with van der Waals surface area (Å²) >= 11 is 0. The molecule has 3 aromatic rings. The zero-order chi connectivity index (χ0) is 24.0. The van der Waals surface area contributed by atoms with Crippen LogP contribution < -0.4 is 10.4 Å². The molecule has 0 amide bonds. The van der Waals surface area contributed by atoms with Crippen LogP contribution in [-0.2, 0) is 24.6 Å². The van der Waals surface area contributed by atoms with Crippen molar-refractivity contribution in [1.82, 2.24) is 18.8 Å². The van der Waals surface area contributed by atoms with E-state index in [-0.39, 0.29) is 21.9 Å². The minimum atomic E-state index is -1.16. The highest BCUT2D eigenvalue weighted by Crippen LogP contribution is 2.28. The fraction of sp³-hybridized carbons (Fsp3) is 0.520. The monoisotopic (exact) mass is 456 g/mol. The van der Waals surface area contributed by atoms with Crippen LogP contribution >= 0.6 is 0 Å². The van der Waals surface area contributed by atoms with Crippen LogP contribution in [0.25, 0.3) is 22.4 Å². The smallest absolute Gasteiger partial charge is 0.290 e. The quantitative estimate of drug-likeness (QED) is 0.595. The van der Waals surface area contributed by atoms with E-state index >= 15 is 0 Å². The second-order valence-corrected chi connectivity index (χ2v) is 12.8. The number of hydrogen-bond donors (Lipinski definition) is 1. The lowest BCUT2D eigenvalue weighted by Gasteiger charge is -2.22. The molecular weight excluding hydrogens is 420 g/mol. The molecule has 1 aromatic carbocycles. The van der Waals surface area contributed by atoms with Gasteiger partial charge in [-0.1, -0.05) is 32.9 Å². The van der Waals surface area contributed by atoms with E-state index in [4.69, 9.17) is 4.98 Å². The average molecular weight is 457 g/mol. The van der Waals surface area contributed by atoms with Gasteiger partial charge in [0.2, 0.25) is 0 Å². The predicted molar refractivity (Wildman–Crippen MR) is 134 cm³/mol. The Morgan fingerprint density at radius 1 is 1.09 bits per heavy atom. The van der Waals surface area contributed by atoms with Crippen LogP contribution in [0.5, 0.6) is 0 Å².